The SMILES string of the molecule is CO[C@H]1/C=C/O[C@@]2(C)Oc3c(C)c(=O)c4c(O)c(c5oc6cc(OCC[N+](C)(C)C(C)(C)C)ccc6nc5c4c3C2=O)NC(=O)/C(C)=C\C=C\[C@H](C)[C@H](O)[C@@H](C)[C@@H](O)[C@@H](C)[C@H](OC(C)=O)[C@@H]1C. The fourth-order valence-corrected chi connectivity index (χ4v) is 8.60. The number of fused-ring (bicyclic) bond motifs is 2. The number of likely N-dealkylation sites (N-methyl/N-ethyl adjacent to an activating group) is 1. The molecule has 0 fully saturated rings. The zero-order chi connectivity index (χ0) is 49.7. The first-order valence-electron chi connectivity index (χ1n) is 22.6. The highest BCUT2D eigenvalue weighted by Gasteiger charge is 2.50. The molecule has 9 atom stereocenters. The van der Waals surface area contributed by atoms with Crippen molar-refractivity contribution in [3.63, 3.8) is 0 Å². The number of nitrogens with one attached hydrogen (secondary N) is 1. The Morgan fingerprint density at radius 2 is 1.67 bits per heavy atom. The lowest BCUT2D eigenvalue weighted by Gasteiger charge is -2.42. The van der Waals surface area contributed by atoms with Crippen molar-refractivity contribution in [3.05, 3.63) is 75.7 Å². The number of esters is 1. The zero-order valence-corrected chi connectivity index (χ0v) is 41.0. The molecule has 3 heterocycles. The van der Waals surface area contributed by atoms with Crippen LogP contribution in [0.3, 0.4) is 0 Å². The van der Waals surface area contributed by atoms with Crippen LogP contribution >= 0.6 is 0 Å². The molecule has 67 heavy (non-hydrogen) atoms. The largest absolute Gasteiger partial charge is 0.505 e. The normalized spacial score (nSPS) is 28.4. The number of rotatable bonds is 6. The number of amides is 1. The summed E-state index contributed by atoms with van der Waals surface area (Å²) in [7, 11) is 5.70. The molecule has 362 valence electrons. The first-order chi connectivity index (χ1) is 31.2. The van der Waals surface area contributed by atoms with Gasteiger partial charge in [0.2, 0.25) is 0 Å². The number of aliphatic hydroxyl groups is 2. The molecule has 1 amide bonds. The molecule has 0 saturated carbocycles. The van der Waals surface area contributed by atoms with Crippen molar-refractivity contribution < 1.29 is 62.3 Å². The standard InChI is InChI=1S/C51H65N3O13/c1-25-16-15-17-26(2)49(61)53-40-44(59)37-36(39-47(40)66-35-24-32(18-19-33(35)52-39)63-23-21-54(12,13)50(8,9)10)38-46(30(6)43(37)58)67-51(11,48(38)60)64-22-20-34(62-14)27(3)45(65-31(7)55)29(5)42(57)28(4)41(25)56/h15-20,22,24-25,27-29,34,41-42,45,56-57H,21,23H2,1-14H3,(H-,52,53,58,59,60,61)/p+1/b16-15+,22-20+,26-17-/t25-,27+,28+,29+,34-,41-,42+,45+,51-/m0/s1. The predicted molar refractivity (Wildman–Crippen MR) is 254 cm³/mol. The topological polar surface area (TPSA) is 213 Å². The number of allylic oxidation sites excluding steroid dienone is 2. The maximum Gasteiger partial charge on any atom is 0.312 e. The third-order valence-electron chi connectivity index (χ3n) is 14.0. The van der Waals surface area contributed by atoms with Crippen LogP contribution in [-0.2, 0) is 23.8 Å². The van der Waals surface area contributed by atoms with Crippen LogP contribution in [0.5, 0.6) is 17.2 Å². The van der Waals surface area contributed by atoms with Gasteiger partial charge in [-0.25, -0.2) is 4.98 Å². The lowest BCUT2D eigenvalue weighted by Crippen LogP contribution is -2.55. The predicted octanol–water partition coefficient (Wildman–Crippen LogP) is 7.25. The van der Waals surface area contributed by atoms with E-state index >= 15 is 0 Å². The molecule has 2 aliphatic rings. The lowest BCUT2D eigenvalue weighted by atomic mass is 9.78. The summed E-state index contributed by atoms with van der Waals surface area (Å²) >= 11 is 0. The van der Waals surface area contributed by atoms with Gasteiger partial charge in [0.05, 0.1) is 55.2 Å². The van der Waals surface area contributed by atoms with E-state index in [0.717, 1.165) is 0 Å². The first kappa shape index (κ1) is 50.6. The van der Waals surface area contributed by atoms with E-state index in [9.17, 15) is 34.5 Å². The van der Waals surface area contributed by atoms with Gasteiger partial charge >= 0.3 is 11.8 Å². The average molecular weight is 929 g/mol. The van der Waals surface area contributed by atoms with Gasteiger partial charge in [-0.3, -0.25) is 19.2 Å². The minimum Gasteiger partial charge on any atom is -0.505 e. The van der Waals surface area contributed by atoms with E-state index in [1.54, 1.807) is 58.0 Å². The highest BCUT2D eigenvalue weighted by Crippen LogP contribution is 2.48. The van der Waals surface area contributed by atoms with Crippen molar-refractivity contribution >= 4 is 56.3 Å². The maximum absolute atomic E-state index is 14.8. The van der Waals surface area contributed by atoms with Gasteiger partial charge in [-0.2, -0.15) is 0 Å². The van der Waals surface area contributed by atoms with Crippen LogP contribution in [0.2, 0.25) is 0 Å². The van der Waals surface area contributed by atoms with Crippen molar-refractivity contribution in [2.45, 2.75) is 112 Å². The molecular formula is C51H66N3O13+. The molecule has 0 unspecified atom stereocenters. The molecule has 16 nitrogen and oxygen atoms in total. The van der Waals surface area contributed by atoms with Gasteiger partial charge in [-0.1, -0.05) is 45.9 Å². The molecule has 4 aromatic rings. The zero-order valence-electron chi connectivity index (χ0n) is 41.0. The summed E-state index contributed by atoms with van der Waals surface area (Å²) in [5.74, 6) is -6.81. The van der Waals surface area contributed by atoms with E-state index in [-0.39, 0.29) is 61.1 Å². The van der Waals surface area contributed by atoms with E-state index in [2.05, 4.69) is 40.2 Å². The number of Topliss-reactive ketones (excluding diaryl/α,β-unsaturated/α-hetero) is 1. The Labute approximate surface area is 390 Å². The molecule has 6 rings (SSSR count). The molecule has 16 heteroatoms. The third-order valence-corrected chi connectivity index (χ3v) is 14.0. The Hall–Kier alpha value is -5.81. The number of nitrogens with zero attached hydrogens (tertiary/aromatic N) is 2. The van der Waals surface area contributed by atoms with Crippen molar-refractivity contribution in [3.8, 4) is 17.2 Å². The Kier molecular flexibility index (Phi) is 14.4. The highest BCUT2D eigenvalue weighted by atomic mass is 16.7. The van der Waals surface area contributed by atoms with Gasteiger partial charge in [0.25, 0.3) is 11.7 Å². The summed E-state index contributed by atoms with van der Waals surface area (Å²) < 4.78 is 37.3. The van der Waals surface area contributed by atoms with Crippen LogP contribution < -0.4 is 20.2 Å². The second-order valence-corrected chi connectivity index (χ2v) is 19.8. The summed E-state index contributed by atoms with van der Waals surface area (Å²) in [5.41, 5.74) is -0.550. The molecule has 0 aliphatic carbocycles. The molecular weight excluding hydrogens is 863 g/mol. The van der Waals surface area contributed by atoms with Crippen LogP contribution in [0, 0.1) is 30.6 Å². The number of aromatic nitrogens is 1. The van der Waals surface area contributed by atoms with Gasteiger partial charge in [-0.15, -0.1) is 0 Å². The number of aliphatic hydroxyl groups excluding tert-OH is 2. The van der Waals surface area contributed by atoms with Gasteiger partial charge in [0.1, 0.15) is 47.5 Å². The number of benzene rings is 3. The van der Waals surface area contributed by atoms with Gasteiger partial charge in [0, 0.05) is 67.2 Å². The Bertz CT molecular complexity index is 2750. The minimum atomic E-state index is -2.05. The summed E-state index contributed by atoms with van der Waals surface area (Å²) in [6.07, 6.45) is 3.61. The van der Waals surface area contributed by atoms with Crippen molar-refractivity contribution in [1.82, 2.24) is 4.98 Å². The van der Waals surface area contributed by atoms with Crippen LogP contribution in [0.25, 0.3) is 33.0 Å². The Morgan fingerprint density at radius 3 is 2.31 bits per heavy atom. The van der Waals surface area contributed by atoms with Gasteiger partial charge < -0.3 is 53.2 Å². The third kappa shape index (κ3) is 9.67. The molecule has 0 radical (unpaired) electrons. The smallest absolute Gasteiger partial charge is 0.312 e. The maximum atomic E-state index is 14.8. The number of ketones is 1. The number of phenols is 1. The molecule has 3 aromatic carbocycles. The molecule has 4 bridgehead atoms. The second kappa shape index (κ2) is 19.1. The summed E-state index contributed by atoms with van der Waals surface area (Å²) in [6.45, 7) is 20.1. The number of carbonyl (C=O) groups excluding carboxylic acids is 3. The number of hydrogen-bond acceptors (Lipinski definition) is 14. The molecule has 4 N–H and O–H groups in total. The Morgan fingerprint density at radius 1 is 0.985 bits per heavy atom. The van der Waals surface area contributed by atoms with Crippen molar-refractivity contribution in [2.75, 3.05) is 39.7 Å². The molecule has 0 saturated heterocycles. The van der Waals surface area contributed by atoms with Crippen LogP contribution in [-0.4, -0.2) is 113 Å². The van der Waals surface area contributed by atoms with Gasteiger partial charge in [0.15, 0.2) is 22.3 Å². The summed E-state index contributed by atoms with van der Waals surface area (Å²) in [4.78, 5) is 60.5. The average Bonchev–Trinajstić information content (AvgIpc) is 3.53. The van der Waals surface area contributed by atoms with Crippen LogP contribution in [0.4, 0.5) is 5.69 Å². The summed E-state index contributed by atoms with van der Waals surface area (Å²) in [6, 6.07) is 5.05. The van der Waals surface area contributed by atoms with Crippen molar-refractivity contribution in [2.24, 2.45) is 23.7 Å². The van der Waals surface area contributed by atoms with Crippen LogP contribution in [0.15, 0.2) is 63.6 Å². The molecule has 1 aromatic heterocycles. The highest BCUT2D eigenvalue weighted by molar-refractivity contribution is 6.26. The van der Waals surface area contributed by atoms with E-state index < -0.39 is 82.7 Å². The summed E-state index contributed by atoms with van der Waals surface area (Å²) in [5, 5.41) is 37.5. The Balaban J connectivity index is 1.56. The van der Waals surface area contributed by atoms with E-state index in [4.69, 9.17) is 33.1 Å². The number of quaternary nitrogens is 1. The fourth-order valence-electron chi connectivity index (χ4n) is 8.60. The molecule has 0 spiro atoms. The number of hydrogen-bond donors (Lipinski definition) is 4. The fraction of sp³-hybridized carbons (Fsp3) is 0.510. The first-order valence-corrected chi connectivity index (χ1v) is 22.6. The monoisotopic (exact) mass is 928 g/mol. The van der Waals surface area contributed by atoms with Gasteiger partial charge in [-0.05, 0) is 52.8 Å². The number of phenolic OH excluding ortho intramolecular Hbond substituents is 1. The second-order valence-electron chi connectivity index (χ2n) is 19.8. The molecule has 2 aliphatic heterocycles. The number of aromatic hydroxyl groups is 1. The number of ether oxygens (including phenoxy) is 5. The van der Waals surface area contributed by atoms with Crippen LogP contribution in [0.1, 0.15) is 85.2 Å². The minimum absolute atomic E-state index is 0.00992. The lowest BCUT2D eigenvalue weighted by molar-refractivity contribution is -0.935. The number of methoxy groups -OCH3 is 1. The van der Waals surface area contributed by atoms with E-state index in [1.807, 2.05) is 0 Å². The number of anilines is 1. The quantitative estimate of drug-likeness (QED) is 0.0493. The van der Waals surface area contributed by atoms with Crippen molar-refractivity contribution in [1.29, 1.82) is 0 Å². The van der Waals surface area contributed by atoms with E-state index in [0.29, 0.717) is 28.9 Å². The number of carbonyl (C=O) groups is 3. The van der Waals surface area contributed by atoms with E-state index in [1.165, 1.54) is 53.2 Å².